The second kappa shape index (κ2) is 7.21. The van der Waals surface area contributed by atoms with Gasteiger partial charge in [-0.15, -0.1) is 0 Å². The Morgan fingerprint density at radius 3 is 1.41 bits per heavy atom. The van der Waals surface area contributed by atoms with Gasteiger partial charge >= 0.3 is 11.9 Å². The smallest absolute Gasteiger partial charge is 0.325 e. The summed E-state index contributed by atoms with van der Waals surface area (Å²) in [5.74, 6) is -3.89. The molecule has 0 saturated heterocycles. The van der Waals surface area contributed by atoms with Gasteiger partial charge in [-0.1, -0.05) is 12.1 Å². The molecule has 22 heavy (non-hydrogen) atoms. The van der Waals surface area contributed by atoms with E-state index >= 15 is 0 Å². The van der Waals surface area contributed by atoms with Crippen LogP contribution in [0.2, 0.25) is 0 Å². The molecule has 0 heterocycles. The van der Waals surface area contributed by atoms with Crippen molar-refractivity contribution in [3.05, 3.63) is 35.4 Å². The van der Waals surface area contributed by atoms with Crippen molar-refractivity contribution < 1.29 is 29.4 Å². The van der Waals surface area contributed by atoms with Crippen LogP contribution in [0.25, 0.3) is 0 Å². The summed E-state index contributed by atoms with van der Waals surface area (Å²) in [6.45, 7) is 2.57. The van der Waals surface area contributed by atoms with E-state index in [0.717, 1.165) is 0 Å². The Balaban J connectivity index is 2.99. The van der Waals surface area contributed by atoms with Crippen LogP contribution in [0, 0.1) is 0 Å². The first kappa shape index (κ1) is 17.2. The second-order valence-corrected chi connectivity index (χ2v) is 4.61. The van der Waals surface area contributed by atoms with E-state index in [4.69, 9.17) is 10.2 Å². The Kier molecular flexibility index (Phi) is 5.62. The van der Waals surface area contributed by atoms with E-state index in [1.54, 1.807) is 0 Å². The van der Waals surface area contributed by atoms with E-state index in [2.05, 4.69) is 10.6 Å². The van der Waals surface area contributed by atoms with Crippen molar-refractivity contribution in [2.75, 3.05) is 0 Å². The van der Waals surface area contributed by atoms with Gasteiger partial charge in [-0.05, 0) is 26.0 Å². The van der Waals surface area contributed by atoms with Crippen molar-refractivity contribution in [3.8, 4) is 0 Å². The van der Waals surface area contributed by atoms with Crippen LogP contribution in [0.1, 0.15) is 34.6 Å². The van der Waals surface area contributed by atoms with Crippen LogP contribution in [-0.2, 0) is 9.59 Å². The Hall–Kier alpha value is -2.90. The van der Waals surface area contributed by atoms with E-state index in [9.17, 15) is 19.2 Å². The van der Waals surface area contributed by atoms with Crippen molar-refractivity contribution >= 4 is 23.8 Å². The Bertz CT molecular complexity index is 560. The molecule has 1 aromatic rings. The quantitative estimate of drug-likeness (QED) is 0.589. The standard InChI is InChI=1S/C14H16N2O6/c1-7(13(19)20)15-11(17)9-5-3-4-6-10(9)12(18)16-8(2)14(21)22/h3-8H,1-2H3,(H,15,17)(H,16,18)(H,19,20)(H,21,22). The molecule has 0 aliphatic heterocycles. The Morgan fingerprint density at radius 1 is 0.818 bits per heavy atom. The van der Waals surface area contributed by atoms with Crippen LogP contribution in [0.5, 0.6) is 0 Å². The van der Waals surface area contributed by atoms with Crippen molar-refractivity contribution in [2.45, 2.75) is 25.9 Å². The van der Waals surface area contributed by atoms with Crippen LogP contribution in [-0.4, -0.2) is 46.0 Å². The number of carboxylic acid groups (broad SMARTS) is 2. The zero-order valence-corrected chi connectivity index (χ0v) is 12.0. The lowest BCUT2D eigenvalue weighted by molar-refractivity contribution is -0.139. The highest BCUT2D eigenvalue weighted by molar-refractivity contribution is 6.08. The van der Waals surface area contributed by atoms with E-state index in [1.165, 1.54) is 38.1 Å². The lowest BCUT2D eigenvalue weighted by Gasteiger charge is -2.14. The number of amides is 2. The van der Waals surface area contributed by atoms with E-state index < -0.39 is 35.8 Å². The first-order valence-electron chi connectivity index (χ1n) is 6.40. The van der Waals surface area contributed by atoms with Gasteiger partial charge in [-0.2, -0.15) is 0 Å². The van der Waals surface area contributed by atoms with Crippen molar-refractivity contribution in [3.63, 3.8) is 0 Å². The van der Waals surface area contributed by atoms with Gasteiger partial charge in [0, 0.05) is 0 Å². The maximum atomic E-state index is 12.0. The maximum Gasteiger partial charge on any atom is 0.325 e. The van der Waals surface area contributed by atoms with Gasteiger partial charge in [0.05, 0.1) is 11.1 Å². The third-order valence-corrected chi connectivity index (χ3v) is 2.85. The molecule has 0 aliphatic rings. The number of rotatable bonds is 6. The van der Waals surface area contributed by atoms with Crippen molar-refractivity contribution in [1.29, 1.82) is 0 Å². The fourth-order valence-corrected chi connectivity index (χ4v) is 1.55. The number of hydrogen-bond donors (Lipinski definition) is 4. The molecule has 8 heteroatoms. The monoisotopic (exact) mass is 308 g/mol. The summed E-state index contributed by atoms with van der Waals surface area (Å²) < 4.78 is 0. The van der Waals surface area contributed by atoms with E-state index in [0.29, 0.717) is 0 Å². The average Bonchev–Trinajstić information content (AvgIpc) is 2.46. The lowest BCUT2D eigenvalue weighted by Crippen LogP contribution is -2.41. The van der Waals surface area contributed by atoms with Gasteiger partial charge in [-0.3, -0.25) is 19.2 Å². The molecular formula is C14H16N2O6. The van der Waals surface area contributed by atoms with Gasteiger partial charge in [0.1, 0.15) is 12.1 Å². The van der Waals surface area contributed by atoms with E-state index in [1.807, 2.05) is 0 Å². The molecule has 8 nitrogen and oxygen atoms in total. The predicted octanol–water partition coefficient (Wildman–Crippen LogP) is 0.0924. The fourth-order valence-electron chi connectivity index (χ4n) is 1.55. The summed E-state index contributed by atoms with van der Waals surface area (Å²) in [5, 5.41) is 22.0. The normalized spacial score (nSPS) is 12.8. The molecule has 2 unspecified atom stereocenters. The Morgan fingerprint density at radius 2 is 1.14 bits per heavy atom. The van der Waals surface area contributed by atoms with Crippen LogP contribution in [0.15, 0.2) is 24.3 Å². The Labute approximate surface area is 126 Å². The summed E-state index contributed by atoms with van der Waals surface area (Å²) in [6, 6.07) is 3.48. The number of nitrogens with one attached hydrogen (secondary N) is 2. The summed E-state index contributed by atoms with van der Waals surface area (Å²) >= 11 is 0. The molecule has 0 saturated carbocycles. The molecule has 1 rings (SSSR count). The molecule has 118 valence electrons. The van der Waals surface area contributed by atoms with Crippen LogP contribution >= 0.6 is 0 Å². The van der Waals surface area contributed by atoms with Gasteiger partial charge < -0.3 is 20.8 Å². The minimum absolute atomic E-state index is 0.0364. The van der Waals surface area contributed by atoms with Gasteiger partial charge in [0.15, 0.2) is 0 Å². The lowest BCUT2D eigenvalue weighted by atomic mass is 10.1. The van der Waals surface area contributed by atoms with Crippen LogP contribution < -0.4 is 10.6 Å². The first-order valence-corrected chi connectivity index (χ1v) is 6.40. The molecule has 2 atom stereocenters. The molecule has 2 amide bonds. The average molecular weight is 308 g/mol. The van der Waals surface area contributed by atoms with Gasteiger partial charge in [-0.25, -0.2) is 0 Å². The fraction of sp³-hybridized carbons (Fsp3) is 0.286. The first-order chi connectivity index (χ1) is 10.2. The van der Waals surface area contributed by atoms with Gasteiger partial charge in [0.25, 0.3) is 11.8 Å². The van der Waals surface area contributed by atoms with Gasteiger partial charge in [0.2, 0.25) is 0 Å². The van der Waals surface area contributed by atoms with Crippen LogP contribution in [0.4, 0.5) is 0 Å². The minimum atomic E-state index is -1.21. The molecule has 0 radical (unpaired) electrons. The molecule has 0 spiro atoms. The highest BCUT2D eigenvalue weighted by atomic mass is 16.4. The summed E-state index contributed by atoms with van der Waals surface area (Å²) in [7, 11) is 0. The third-order valence-electron chi connectivity index (χ3n) is 2.85. The molecule has 1 aromatic carbocycles. The minimum Gasteiger partial charge on any atom is -0.480 e. The second-order valence-electron chi connectivity index (χ2n) is 4.61. The molecule has 0 fully saturated rings. The predicted molar refractivity (Wildman–Crippen MR) is 75.6 cm³/mol. The molecule has 0 aliphatic carbocycles. The highest BCUT2D eigenvalue weighted by Crippen LogP contribution is 2.09. The topological polar surface area (TPSA) is 133 Å². The zero-order chi connectivity index (χ0) is 16.9. The van der Waals surface area contributed by atoms with Crippen LogP contribution in [0.3, 0.4) is 0 Å². The largest absolute Gasteiger partial charge is 0.480 e. The number of carbonyl (C=O) groups is 4. The molecule has 0 aromatic heterocycles. The SMILES string of the molecule is CC(NC(=O)c1ccccc1C(=O)NC(C)C(=O)O)C(=O)O. The number of benzene rings is 1. The summed E-state index contributed by atoms with van der Waals surface area (Å²) in [5.41, 5.74) is -0.0728. The summed E-state index contributed by atoms with van der Waals surface area (Å²) in [6.07, 6.45) is 0. The van der Waals surface area contributed by atoms with Crippen molar-refractivity contribution in [2.24, 2.45) is 0 Å². The van der Waals surface area contributed by atoms with E-state index in [-0.39, 0.29) is 11.1 Å². The molecular weight excluding hydrogens is 292 g/mol. The van der Waals surface area contributed by atoms with Crippen molar-refractivity contribution in [1.82, 2.24) is 10.6 Å². The number of carboxylic acids is 2. The highest BCUT2D eigenvalue weighted by Gasteiger charge is 2.22. The number of hydrogen-bond acceptors (Lipinski definition) is 4. The third kappa shape index (κ3) is 4.30. The molecule has 0 bridgehead atoms. The zero-order valence-electron chi connectivity index (χ0n) is 12.0. The number of carbonyl (C=O) groups excluding carboxylic acids is 2. The number of aliphatic carboxylic acids is 2. The maximum absolute atomic E-state index is 12.0. The summed E-state index contributed by atoms with van der Waals surface area (Å²) in [4.78, 5) is 45.6. The molecule has 4 N–H and O–H groups in total.